The number of nitrogens with one attached hydrogen (secondary N) is 1. The number of carboxylic acids is 1. The second-order valence-corrected chi connectivity index (χ2v) is 7.18. The number of carbonyl (C=O) groups excluding carboxylic acids is 2. The molecule has 1 aliphatic heterocycles. The molecule has 0 spiro atoms. The summed E-state index contributed by atoms with van der Waals surface area (Å²) in [5.74, 6) is -1.15. The van der Waals surface area contributed by atoms with E-state index in [4.69, 9.17) is 0 Å². The van der Waals surface area contributed by atoms with E-state index in [9.17, 15) is 14.7 Å². The van der Waals surface area contributed by atoms with Gasteiger partial charge in [-0.05, 0) is 39.0 Å². The largest absolute Gasteiger partial charge is 1.00 e. The van der Waals surface area contributed by atoms with E-state index < -0.39 is 12.0 Å². The van der Waals surface area contributed by atoms with Crippen molar-refractivity contribution in [1.82, 2.24) is 20.0 Å². The van der Waals surface area contributed by atoms with Gasteiger partial charge in [0.1, 0.15) is 0 Å². The van der Waals surface area contributed by atoms with Crippen LogP contribution in [-0.2, 0) is 22.7 Å². The number of aryl methyl sites for hydroxylation is 2. The van der Waals surface area contributed by atoms with Gasteiger partial charge in [-0.15, -0.1) is 0 Å². The summed E-state index contributed by atoms with van der Waals surface area (Å²) < 4.78 is 1.93. The number of amides is 1. The van der Waals surface area contributed by atoms with E-state index >= 15 is 0 Å². The van der Waals surface area contributed by atoms with Crippen LogP contribution in [0.4, 0.5) is 0 Å². The number of hydrogen-bond donors (Lipinski definition) is 1. The predicted molar refractivity (Wildman–Crippen MR) is 90.4 cm³/mol. The Morgan fingerprint density at radius 1 is 1.27 bits per heavy atom. The van der Waals surface area contributed by atoms with Gasteiger partial charge in [0.25, 0.3) is 0 Å². The van der Waals surface area contributed by atoms with Crippen molar-refractivity contribution in [3.63, 3.8) is 0 Å². The van der Waals surface area contributed by atoms with Crippen LogP contribution in [0.3, 0.4) is 0 Å². The molecule has 138 valence electrons. The van der Waals surface area contributed by atoms with Gasteiger partial charge in [0.15, 0.2) is 0 Å². The van der Waals surface area contributed by atoms with E-state index in [-0.39, 0.29) is 47.5 Å². The van der Waals surface area contributed by atoms with E-state index in [1.54, 1.807) is 0 Å². The number of unbranched alkanes of at least 4 members (excludes halogenated alkanes) is 1. The molecule has 1 aromatic heterocycles. The Morgan fingerprint density at radius 2 is 1.96 bits per heavy atom. The molecule has 0 aromatic carbocycles. The van der Waals surface area contributed by atoms with E-state index in [1.807, 2.05) is 22.7 Å². The van der Waals surface area contributed by atoms with E-state index in [0.29, 0.717) is 19.4 Å². The molecule has 2 heterocycles. The average molecular weight is 370 g/mol. The molecule has 8 heteroatoms. The average Bonchev–Trinajstić information content (AvgIpc) is 3.21. The molecule has 1 N–H and O–H groups in total. The zero-order chi connectivity index (χ0) is 18.0. The van der Waals surface area contributed by atoms with Crippen LogP contribution in [0, 0.1) is 6.92 Å². The third kappa shape index (κ3) is 4.88. The van der Waals surface area contributed by atoms with Crippen molar-refractivity contribution in [2.75, 3.05) is 0 Å². The minimum atomic E-state index is -1.06. The van der Waals surface area contributed by atoms with Gasteiger partial charge in [-0.25, -0.2) is 0 Å². The number of carboxylic acid groups (broad SMARTS) is 1. The number of carbonyl (C=O) groups is 2. The molecule has 2 aliphatic rings. The maximum absolute atomic E-state index is 12.6. The van der Waals surface area contributed by atoms with Gasteiger partial charge in [-0.1, -0.05) is 13.3 Å². The van der Waals surface area contributed by atoms with Crippen molar-refractivity contribution < 1.29 is 44.3 Å². The van der Waals surface area contributed by atoms with Crippen LogP contribution in [0.25, 0.3) is 0 Å². The molecule has 1 saturated heterocycles. The van der Waals surface area contributed by atoms with Gasteiger partial charge in [0.05, 0.1) is 23.7 Å². The summed E-state index contributed by atoms with van der Waals surface area (Å²) in [5.41, 5.74) is 1.94. The van der Waals surface area contributed by atoms with Gasteiger partial charge in [-0.3, -0.25) is 14.4 Å². The van der Waals surface area contributed by atoms with Gasteiger partial charge >= 0.3 is 29.6 Å². The standard InChI is InChI=1S/C18H28N4O3.Na/c1-3-4-9-21-11-13(12(2)20-21)10-19-17(23)15-7-8-16(18(24)25)22(15)14-5-6-14;/h11,14-16H,3-10H2,1-2H3,(H,19,23)(H,24,25);/q;+1/p-1. The smallest absolute Gasteiger partial charge is 0.548 e. The van der Waals surface area contributed by atoms with Gasteiger partial charge in [0.2, 0.25) is 5.91 Å². The van der Waals surface area contributed by atoms with Crippen LogP contribution in [0.15, 0.2) is 6.20 Å². The summed E-state index contributed by atoms with van der Waals surface area (Å²) in [5, 5.41) is 18.8. The van der Waals surface area contributed by atoms with E-state index in [0.717, 1.165) is 43.5 Å². The number of rotatable bonds is 8. The van der Waals surface area contributed by atoms with Crippen molar-refractivity contribution in [2.24, 2.45) is 0 Å². The zero-order valence-corrected chi connectivity index (χ0v) is 18.0. The molecule has 2 atom stereocenters. The molecule has 1 amide bonds. The Balaban J connectivity index is 0.00000243. The maximum Gasteiger partial charge on any atom is 1.00 e. The second-order valence-electron chi connectivity index (χ2n) is 7.18. The number of aromatic nitrogens is 2. The van der Waals surface area contributed by atoms with Crippen molar-refractivity contribution in [3.05, 3.63) is 17.5 Å². The fourth-order valence-corrected chi connectivity index (χ4v) is 3.69. The first-order valence-corrected chi connectivity index (χ1v) is 9.30. The molecule has 26 heavy (non-hydrogen) atoms. The zero-order valence-electron chi connectivity index (χ0n) is 16.0. The van der Waals surface area contributed by atoms with Crippen molar-refractivity contribution in [1.29, 1.82) is 0 Å². The first-order valence-electron chi connectivity index (χ1n) is 9.30. The van der Waals surface area contributed by atoms with Crippen LogP contribution in [0.5, 0.6) is 0 Å². The monoisotopic (exact) mass is 370 g/mol. The summed E-state index contributed by atoms with van der Waals surface area (Å²) in [7, 11) is 0. The Labute approximate surface area is 176 Å². The Kier molecular flexibility index (Phi) is 7.70. The van der Waals surface area contributed by atoms with Crippen LogP contribution < -0.4 is 40.0 Å². The molecule has 7 nitrogen and oxygen atoms in total. The SMILES string of the molecule is CCCCn1cc(CNC(=O)C2CCC(C(=O)[O-])N2C2CC2)c(C)n1.[Na+]. The minimum absolute atomic E-state index is 0. The normalized spacial score (nSPS) is 22.8. The summed E-state index contributed by atoms with van der Waals surface area (Å²) >= 11 is 0. The summed E-state index contributed by atoms with van der Waals surface area (Å²) in [6.45, 7) is 5.41. The molecule has 2 unspecified atom stereocenters. The first-order chi connectivity index (χ1) is 12.0. The Hall–Kier alpha value is -0.890. The van der Waals surface area contributed by atoms with Crippen LogP contribution in [0.1, 0.15) is 56.7 Å². The van der Waals surface area contributed by atoms with E-state index in [2.05, 4.69) is 17.3 Å². The topological polar surface area (TPSA) is 90.3 Å². The maximum atomic E-state index is 12.6. The minimum Gasteiger partial charge on any atom is -0.548 e. The molecule has 1 aromatic rings. The molecule has 1 saturated carbocycles. The molecule has 0 bridgehead atoms. The van der Waals surface area contributed by atoms with Crippen molar-refractivity contribution >= 4 is 11.9 Å². The van der Waals surface area contributed by atoms with Crippen LogP contribution in [0.2, 0.25) is 0 Å². The van der Waals surface area contributed by atoms with E-state index in [1.165, 1.54) is 0 Å². The fourth-order valence-electron chi connectivity index (χ4n) is 3.69. The van der Waals surface area contributed by atoms with Crippen molar-refractivity contribution in [3.8, 4) is 0 Å². The Morgan fingerprint density at radius 3 is 2.58 bits per heavy atom. The third-order valence-electron chi connectivity index (χ3n) is 5.22. The number of aliphatic carboxylic acids is 1. The fraction of sp³-hybridized carbons (Fsp3) is 0.722. The van der Waals surface area contributed by atoms with Crippen molar-refractivity contribution in [2.45, 2.75) is 83.6 Å². The number of hydrogen-bond acceptors (Lipinski definition) is 5. The van der Waals surface area contributed by atoms with Gasteiger partial charge < -0.3 is 15.2 Å². The first kappa shape index (κ1) is 21.4. The second kappa shape index (κ2) is 9.35. The molecular weight excluding hydrogens is 343 g/mol. The van der Waals surface area contributed by atoms with Gasteiger partial charge in [-0.2, -0.15) is 5.10 Å². The number of likely N-dealkylation sites (tertiary alicyclic amines) is 1. The molecule has 3 rings (SSSR count). The predicted octanol–water partition coefficient (Wildman–Crippen LogP) is -2.64. The number of nitrogens with zero attached hydrogens (tertiary/aromatic N) is 3. The molecule has 0 radical (unpaired) electrons. The summed E-state index contributed by atoms with van der Waals surface area (Å²) in [6, 6.07) is -0.757. The summed E-state index contributed by atoms with van der Waals surface area (Å²) in [6.07, 6.45) is 7.19. The Bertz CT molecular complexity index is 644. The quantitative estimate of drug-likeness (QED) is 0.505. The summed E-state index contributed by atoms with van der Waals surface area (Å²) in [4.78, 5) is 25.8. The van der Waals surface area contributed by atoms with Gasteiger partial charge in [0, 0.05) is 30.9 Å². The molecule has 1 aliphatic carbocycles. The van der Waals surface area contributed by atoms with Crippen LogP contribution >= 0.6 is 0 Å². The molecule has 2 fully saturated rings. The van der Waals surface area contributed by atoms with Crippen LogP contribution in [-0.4, -0.2) is 44.7 Å². The third-order valence-corrected chi connectivity index (χ3v) is 5.22. The molecular formula is C18H27N4NaO3.